The molecule has 0 spiro atoms. The fraction of sp³-hybridized carbons (Fsp3) is 0.611. The number of benzene rings is 1. The molecule has 1 aromatic rings. The van der Waals surface area contributed by atoms with Crippen LogP contribution in [-0.2, 0) is 9.47 Å². The van der Waals surface area contributed by atoms with Crippen molar-refractivity contribution in [3.05, 3.63) is 35.9 Å². The maximum absolute atomic E-state index is 5.86. The first kappa shape index (κ1) is 17.8. The van der Waals surface area contributed by atoms with E-state index in [0.29, 0.717) is 6.10 Å². The molecule has 2 rings (SSSR count). The Bertz CT molecular complexity index is 459. The molecule has 1 aromatic carbocycles. The lowest BCUT2D eigenvalue weighted by Crippen LogP contribution is -2.41. The molecule has 128 valence electrons. The van der Waals surface area contributed by atoms with Gasteiger partial charge in [0.1, 0.15) is 0 Å². The summed E-state index contributed by atoms with van der Waals surface area (Å²) < 4.78 is 11.5. The lowest BCUT2D eigenvalue weighted by molar-refractivity contribution is 0.0646. The Balaban J connectivity index is 1.55. The van der Waals surface area contributed by atoms with E-state index in [1.807, 2.05) is 18.2 Å². The molecule has 0 aliphatic carbocycles. The van der Waals surface area contributed by atoms with E-state index in [9.17, 15) is 0 Å². The summed E-state index contributed by atoms with van der Waals surface area (Å²) in [6.07, 6.45) is 3.69. The van der Waals surface area contributed by atoms with Gasteiger partial charge in [0.15, 0.2) is 5.96 Å². The fourth-order valence-corrected chi connectivity index (χ4v) is 2.60. The number of hydrogen-bond acceptors (Lipinski definition) is 3. The van der Waals surface area contributed by atoms with E-state index in [4.69, 9.17) is 9.47 Å². The van der Waals surface area contributed by atoms with Gasteiger partial charge in [-0.15, -0.1) is 0 Å². The van der Waals surface area contributed by atoms with Gasteiger partial charge in [-0.2, -0.15) is 0 Å². The van der Waals surface area contributed by atoms with Crippen molar-refractivity contribution in [1.29, 1.82) is 0 Å². The van der Waals surface area contributed by atoms with Gasteiger partial charge in [-0.3, -0.25) is 4.99 Å². The Kier molecular flexibility index (Phi) is 7.90. The molecule has 1 aliphatic heterocycles. The van der Waals surface area contributed by atoms with Crippen molar-refractivity contribution in [2.45, 2.75) is 38.4 Å². The smallest absolute Gasteiger partial charge is 0.191 e. The lowest BCUT2D eigenvalue weighted by Gasteiger charge is -2.16. The zero-order valence-electron chi connectivity index (χ0n) is 14.3. The van der Waals surface area contributed by atoms with E-state index >= 15 is 0 Å². The molecule has 2 unspecified atom stereocenters. The summed E-state index contributed by atoms with van der Waals surface area (Å²) in [5.74, 6) is 0.830. The van der Waals surface area contributed by atoms with E-state index in [1.54, 1.807) is 7.05 Å². The summed E-state index contributed by atoms with van der Waals surface area (Å²) in [5.41, 5.74) is 1.22. The largest absolute Gasteiger partial charge is 0.376 e. The molecule has 1 heterocycles. The Hall–Kier alpha value is -1.59. The minimum atomic E-state index is 0.133. The molecule has 5 heteroatoms. The normalized spacial score (nSPS) is 19.6. The first-order valence-electron chi connectivity index (χ1n) is 8.52. The number of nitrogens with one attached hydrogen (secondary N) is 2. The van der Waals surface area contributed by atoms with Gasteiger partial charge in [0, 0.05) is 33.4 Å². The van der Waals surface area contributed by atoms with Gasteiger partial charge in [0.05, 0.1) is 12.2 Å². The Labute approximate surface area is 139 Å². The van der Waals surface area contributed by atoms with Gasteiger partial charge in [-0.05, 0) is 31.7 Å². The number of ether oxygens (including phenoxy) is 2. The Morgan fingerprint density at radius 1 is 1.35 bits per heavy atom. The van der Waals surface area contributed by atoms with Crippen LogP contribution in [0, 0.1) is 0 Å². The molecule has 0 saturated carbocycles. The van der Waals surface area contributed by atoms with Gasteiger partial charge < -0.3 is 20.1 Å². The van der Waals surface area contributed by atoms with Crippen LogP contribution >= 0.6 is 0 Å². The second-order valence-corrected chi connectivity index (χ2v) is 5.79. The number of hydrogen-bond donors (Lipinski definition) is 2. The molecule has 0 radical (unpaired) electrons. The van der Waals surface area contributed by atoms with Crippen molar-refractivity contribution >= 4 is 5.96 Å². The molecule has 1 saturated heterocycles. The third-order valence-electron chi connectivity index (χ3n) is 4.00. The van der Waals surface area contributed by atoms with Crippen molar-refractivity contribution in [3.63, 3.8) is 0 Å². The fourth-order valence-electron chi connectivity index (χ4n) is 2.60. The third-order valence-corrected chi connectivity index (χ3v) is 4.00. The van der Waals surface area contributed by atoms with Crippen LogP contribution in [0.15, 0.2) is 35.3 Å². The number of aliphatic imine (C=N–C) groups is 1. The van der Waals surface area contributed by atoms with E-state index in [1.165, 1.54) is 5.56 Å². The third kappa shape index (κ3) is 6.59. The topological polar surface area (TPSA) is 54.9 Å². The van der Waals surface area contributed by atoms with Gasteiger partial charge in [0.2, 0.25) is 0 Å². The van der Waals surface area contributed by atoms with Crippen LogP contribution in [0.25, 0.3) is 0 Å². The average molecular weight is 319 g/mol. The average Bonchev–Trinajstić information content (AvgIpc) is 3.11. The van der Waals surface area contributed by atoms with Crippen LogP contribution in [0.5, 0.6) is 0 Å². The van der Waals surface area contributed by atoms with Crippen molar-refractivity contribution in [3.8, 4) is 0 Å². The molecule has 5 nitrogen and oxygen atoms in total. The first-order chi connectivity index (χ1) is 11.3. The molecule has 1 fully saturated rings. The van der Waals surface area contributed by atoms with Crippen LogP contribution in [0.4, 0.5) is 0 Å². The maximum atomic E-state index is 5.86. The number of nitrogens with zero attached hydrogens (tertiary/aromatic N) is 1. The van der Waals surface area contributed by atoms with Gasteiger partial charge >= 0.3 is 0 Å². The minimum absolute atomic E-state index is 0.133. The van der Waals surface area contributed by atoms with E-state index in [-0.39, 0.29) is 6.10 Å². The quantitative estimate of drug-likeness (QED) is 0.439. The van der Waals surface area contributed by atoms with Crippen molar-refractivity contribution in [2.75, 3.05) is 33.4 Å². The highest BCUT2D eigenvalue weighted by Gasteiger charge is 2.15. The summed E-state index contributed by atoms with van der Waals surface area (Å²) in [7, 11) is 1.79. The highest BCUT2D eigenvalue weighted by atomic mass is 16.5. The van der Waals surface area contributed by atoms with Crippen LogP contribution in [0.1, 0.15) is 37.9 Å². The van der Waals surface area contributed by atoms with Crippen molar-refractivity contribution < 1.29 is 9.47 Å². The molecule has 2 atom stereocenters. The molecule has 0 amide bonds. The highest BCUT2D eigenvalue weighted by Crippen LogP contribution is 2.15. The SMILES string of the molecule is CN=C(NCCCOC(C)c1ccccc1)NCC1CCCO1. The van der Waals surface area contributed by atoms with Crippen LogP contribution < -0.4 is 10.6 Å². The van der Waals surface area contributed by atoms with E-state index < -0.39 is 0 Å². The molecule has 1 aliphatic rings. The molecule has 23 heavy (non-hydrogen) atoms. The summed E-state index contributed by atoms with van der Waals surface area (Å²) in [6, 6.07) is 10.3. The zero-order chi connectivity index (χ0) is 16.3. The zero-order valence-corrected chi connectivity index (χ0v) is 14.3. The molecular formula is C18H29N3O2. The van der Waals surface area contributed by atoms with Gasteiger partial charge in [0.25, 0.3) is 0 Å². The standard InChI is InChI=1S/C18H29N3O2/c1-15(16-8-4-3-5-9-16)22-13-7-11-20-18(19-2)21-14-17-10-6-12-23-17/h3-5,8-9,15,17H,6-7,10-14H2,1-2H3,(H2,19,20,21). The molecule has 0 bridgehead atoms. The summed E-state index contributed by atoms with van der Waals surface area (Å²) >= 11 is 0. The van der Waals surface area contributed by atoms with Crippen LogP contribution in [0.2, 0.25) is 0 Å². The number of guanidine groups is 1. The summed E-state index contributed by atoms with van der Waals surface area (Å²) in [4.78, 5) is 4.23. The monoisotopic (exact) mass is 319 g/mol. The van der Waals surface area contributed by atoms with Crippen molar-refractivity contribution in [2.24, 2.45) is 4.99 Å². The first-order valence-corrected chi connectivity index (χ1v) is 8.52. The van der Waals surface area contributed by atoms with Crippen LogP contribution in [0.3, 0.4) is 0 Å². The Morgan fingerprint density at radius 2 is 2.17 bits per heavy atom. The Morgan fingerprint density at radius 3 is 2.87 bits per heavy atom. The van der Waals surface area contributed by atoms with E-state index in [2.05, 4.69) is 34.7 Å². The summed E-state index contributed by atoms with van der Waals surface area (Å²) in [6.45, 7) is 5.36. The van der Waals surface area contributed by atoms with E-state index in [0.717, 1.165) is 51.5 Å². The van der Waals surface area contributed by atoms with Crippen LogP contribution in [-0.4, -0.2) is 45.4 Å². The summed E-state index contributed by atoms with van der Waals surface area (Å²) in [5, 5.41) is 6.62. The number of rotatable bonds is 8. The second kappa shape index (κ2) is 10.2. The molecule has 0 aromatic heterocycles. The lowest BCUT2D eigenvalue weighted by atomic mass is 10.1. The van der Waals surface area contributed by atoms with Gasteiger partial charge in [-0.1, -0.05) is 30.3 Å². The highest BCUT2D eigenvalue weighted by molar-refractivity contribution is 5.79. The molecule has 2 N–H and O–H groups in total. The molecular weight excluding hydrogens is 290 g/mol. The maximum Gasteiger partial charge on any atom is 0.191 e. The minimum Gasteiger partial charge on any atom is -0.376 e. The predicted molar refractivity (Wildman–Crippen MR) is 93.8 cm³/mol. The van der Waals surface area contributed by atoms with Gasteiger partial charge in [-0.25, -0.2) is 0 Å². The predicted octanol–water partition coefficient (Wildman–Crippen LogP) is 2.50. The van der Waals surface area contributed by atoms with Crippen molar-refractivity contribution in [1.82, 2.24) is 10.6 Å². The second-order valence-electron chi connectivity index (χ2n) is 5.79.